The third kappa shape index (κ3) is 4.45. The van der Waals surface area contributed by atoms with Crippen molar-refractivity contribution in [1.29, 1.82) is 0 Å². The Morgan fingerprint density at radius 3 is 2.38 bits per heavy atom. The third-order valence-corrected chi connectivity index (χ3v) is 4.86. The fraction of sp³-hybridized carbons (Fsp3) is 0.167. The summed E-state index contributed by atoms with van der Waals surface area (Å²) in [4.78, 5) is 8.86. The topological polar surface area (TPSA) is 25.2 Å². The second-order valence-electron chi connectivity index (χ2n) is 6.95. The molecule has 2 nitrogen and oxygen atoms in total. The third-order valence-electron chi connectivity index (χ3n) is 4.86. The highest BCUT2D eigenvalue weighted by molar-refractivity contribution is 6.15. The van der Waals surface area contributed by atoms with Crippen molar-refractivity contribution in [1.82, 2.24) is 4.98 Å². The summed E-state index contributed by atoms with van der Waals surface area (Å²) in [6.07, 6.45) is 3.13. The minimum Gasteiger partial charge on any atom is -0.284 e. The fourth-order valence-electron chi connectivity index (χ4n) is 3.48. The number of rotatable bonds is 3. The van der Waals surface area contributed by atoms with E-state index in [0.717, 1.165) is 53.4 Å². The molecule has 3 aromatic rings. The highest BCUT2D eigenvalue weighted by Crippen LogP contribution is 2.32. The summed E-state index contributed by atoms with van der Waals surface area (Å²) in [5.74, 6) is 0. The highest BCUT2D eigenvalue weighted by atomic mass is 19.4. The van der Waals surface area contributed by atoms with Gasteiger partial charge in [0.2, 0.25) is 0 Å². The van der Waals surface area contributed by atoms with Crippen LogP contribution >= 0.6 is 0 Å². The maximum absolute atomic E-state index is 13.0. The molecule has 2 aromatic carbocycles. The molecule has 1 aliphatic rings. The van der Waals surface area contributed by atoms with E-state index in [-0.39, 0.29) is 0 Å². The van der Waals surface area contributed by atoms with Crippen molar-refractivity contribution in [2.24, 2.45) is 4.99 Å². The Balaban J connectivity index is 1.69. The maximum Gasteiger partial charge on any atom is 0.416 e. The first kappa shape index (κ1) is 19.1. The van der Waals surface area contributed by atoms with Gasteiger partial charge in [0.05, 0.1) is 11.3 Å². The lowest BCUT2D eigenvalue weighted by Crippen LogP contribution is -2.11. The first-order chi connectivity index (χ1) is 14.0. The molecule has 0 bridgehead atoms. The van der Waals surface area contributed by atoms with Crippen LogP contribution in [-0.4, -0.2) is 17.2 Å². The van der Waals surface area contributed by atoms with Crippen molar-refractivity contribution in [2.75, 3.05) is 6.54 Å². The van der Waals surface area contributed by atoms with E-state index >= 15 is 0 Å². The molecule has 0 unspecified atom stereocenters. The lowest BCUT2D eigenvalue weighted by Gasteiger charge is -2.16. The highest BCUT2D eigenvalue weighted by Gasteiger charge is 2.30. The second-order valence-corrected chi connectivity index (χ2v) is 6.95. The number of aromatic nitrogens is 1. The minimum absolute atomic E-state index is 0.546. The van der Waals surface area contributed by atoms with Gasteiger partial charge >= 0.3 is 6.18 Å². The Labute approximate surface area is 167 Å². The van der Waals surface area contributed by atoms with Crippen LogP contribution in [0.2, 0.25) is 0 Å². The predicted octanol–water partition coefficient (Wildman–Crippen LogP) is 6.43. The molecule has 0 N–H and O–H groups in total. The van der Waals surface area contributed by atoms with Gasteiger partial charge in [-0.25, -0.2) is 0 Å². The van der Waals surface area contributed by atoms with Gasteiger partial charge in [0, 0.05) is 24.5 Å². The van der Waals surface area contributed by atoms with E-state index in [1.54, 1.807) is 18.5 Å². The van der Waals surface area contributed by atoms with Crippen LogP contribution in [0.1, 0.15) is 29.5 Å². The van der Waals surface area contributed by atoms with Crippen molar-refractivity contribution in [2.45, 2.75) is 19.0 Å². The van der Waals surface area contributed by atoms with Crippen molar-refractivity contribution >= 4 is 11.8 Å². The molecular formula is C24H19F3N2. The van der Waals surface area contributed by atoms with Crippen molar-refractivity contribution in [3.05, 3.63) is 95.3 Å². The molecule has 5 heteroatoms. The number of nitrogens with zero attached hydrogens (tertiary/aromatic N) is 2. The molecule has 0 radical (unpaired) electrons. The molecule has 4 rings (SSSR count). The zero-order valence-corrected chi connectivity index (χ0v) is 15.7. The first-order valence-electron chi connectivity index (χ1n) is 9.44. The Morgan fingerprint density at radius 1 is 0.862 bits per heavy atom. The number of hydrogen-bond acceptors (Lipinski definition) is 2. The van der Waals surface area contributed by atoms with Crippen molar-refractivity contribution in [3.63, 3.8) is 0 Å². The molecule has 29 heavy (non-hydrogen) atoms. The van der Waals surface area contributed by atoms with E-state index in [9.17, 15) is 13.2 Å². The van der Waals surface area contributed by atoms with Gasteiger partial charge in [-0.05, 0) is 71.5 Å². The number of allylic oxidation sites excluding steroid dienone is 1. The Bertz CT molecular complexity index is 1070. The average molecular weight is 392 g/mol. The van der Waals surface area contributed by atoms with Crippen molar-refractivity contribution in [3.8, 4) is 11.1 Å². The van der Waals surface area contributed by atoms with Gasteiger partial charge in [0.25, 0.3) is 0 Å². The first-order valence-corrected chi connectivity index (χ1v) is 9.44. The lowest BCUT2D eigenvalue weighted by molar-refractivity contribution is -0.137. The normalized spacial score (nSPS) is 16.0. The smallest absolute Gasteiger partial charge is 0.284 e. The molecule has 0 aliphatic carbocycles. The number of hydrogen-bond donors (Lipinski definition) is 0. The predicted molar refractivity (Wildman–Crippen MR) is 110 cm³/mol. The van der Waals surface area contributed by atoms with Gasteiger partial charge in [-0.2, -0.15) is 13.2 Å². The van der Waals surface area contributed by atoms with Gasteiger partial charge in [-0.1, -0.05) is 30.3 Å². The number of alkyl halides is 3. The maximum atomic E-state index is 13.0. The van der Waals surface area contributed by atoms with Gasteiger partial charge < -0.3 is 0 Å². The average Bonchev–Trinajstić information content (AvgIpc) is 2.74. The fourth-order valence-corrected chi connectivity index (χ4v) is 3.48. The number of pyridine rings is 1. The van der Waals surface area contributed by atoms with E-state index < -0.39 is 11.7 Å². The van der Waals surface area contributed by atoms with E-state index in [2.05, 4.69) is 16.1 Å². The largest absolute Gasteiger partial charge is 0.416 e. The molecule has 0 saturated carbocycles. The van der Waals surface area contributed by atoms with E-state index in [4.69, 9.17) is 0 Å². The lowest BCUT2D eigenvalue weighted by atomic mass is 9.94. The van der Waals surface area contributed by atoms with Gasteiger partial charge in [0.1, 0.15) is 0 Å². The van der Waals surface area contributed by atoms with Crippen LogP contribution < -0.4 is 0 Å². The van der Waals surface area contributed by atoms with Gasteiger partial charge in [-0.15, -0.1) is 0 Å². The number of aliphatic imine (C=N–C) groups is 1. The summed E-state index contributed by atoms with van der Waals surface area (Å²) in [7, 11) is 0. The van der Waals surface area contributed by atoms with E-state index in [1.807, 2.05) is 36.4 Å². The molecule has 0 saturated heterocycles. The van der Waals surface area contributed by atoms with Crippen LogP contribution in [0.15, 0.2) is 83.6 Å². The molecule has 146 valence electrons. The molecule has 0 spiro atoms. The number of halogens is 3. The summed E-state index contributed by atoms with van der Waals surface area (Å²) < 4.78 is 39.1. The molecular weight excluding hydrogens is 373 g/mol. The Hall–Kier alpha value is -3.21. The van der Waals surface area contributed by atoms with Crippen LogP contribution in [0, 0.1) is 0 Å². The molecule has 2 heterocycles. The number of benzene rings is 2. The molecule has 1 aromatic heterocycles. The van der Waals surface area contributed by atoms with Crippen LogP contribution in [0.25, 0.3) is 17.2 Å². The summed E-state index contributed by atoms with van der Waals surface area (Å²) >= 11 is 0. The monoisotopic (exact) mass is 392 g/mol. The Kier molecular flexibility index (Phi) is 5.30. The summed E-state index contributed by atoms with van der Waals surface area (Å²) in [6, 6.07) is 16.9. The van der Waals surface area contributed by atoms with Gasteiger partial charge in [-0.3, -0.25) is 9.98 Å². The zero-order valence-electron chi connectivity index (χ0n) is 15.7. The second kappa shape index (κ2) is 8.03. The SMILES string of the molecule is FC(F)(F)c1cccc(-c2cccc(/C=C3/CCCN=C3c3cccnc3)c2)c1. The molecule has 0 atom stereocenters. The minimum atomic E-state index is -4.35. The Morgan fingerprint density at radius 2 is 1.62 bits per heavy atom. The van der Waals surface area contributed by atoms with E-state index in [0.29, 0.717) is 5.56 Å². The van der Waals surface area contributed by atoms with Crippen LogP contribution in [0.4, 0.5) is 13.2 Å². The van der Waals surface area contributed by atoms with E-state index in [1.165, 1.54) is 12.1 Å². The summed E-state index contributed by atoms with van der Waals surface area (Å²) in [5, 5.41) is 0. The van der Waals surface area contributed by atoms with Crippen LogP contribution in [0.3, 0.4) is 0 Å². The van der Waals surface area contributed by atoms with Crippen molar-refractivity contribution < 1.29 is 13.2 Å². The summed E-state index contributed by atoms with van der Waals surface area (Å²) in [5.41, 5.74) is 4.63. The standard InChI is InChI=1S/C24H19F3N2/c25-24(26,27)22-10-2-7-19(15-22)18-6-1-5-17(13-18)14-20-8-4-12-29-23(20)21-9-3-11-28-16-21/h1-3,5-7,9-11,13-16H,4,8,12H2/b20-14-. The zero-order chi connectivity index (χ0) is 20.3. The van der Waals surface area contributed by atoms with Crippen LogP contribution in [-0.2, 0) is 6.18 Å². The molecule has 0 fully saturated rings. The van der Waals surface area contributed by atoms with Gasteiger partial charge in [0.15, 0.2) is 0 Å². The molecule has 1 aliphatic heterocycles. The quantitative estimate of drug-likeness (QED) is 0.504. The summed E-state index contributed by atoms with van der Waals surface area (Å²) in [6.45, 7) is 0.784. The molecule has 0 amide bonds. The van der Waals surface area contributed by atoms with Crippen LogP contribution in [0.5, 0.6) is 0 Å².